The van der Waals surface area contributed by atoms with E-state index >= 15 is 0 Å². The maximum Gasteiger partial charge on any atom is 0.242 e. The fourth-order valence-corrected chi connectivity index (χ4v) is 1.66. The summed E-state index contributed by atoms with van der Waals surface area (Å²) in [5.41, 5.74) is 8.33. The maximum absolute atomic E-state index is 5.81. The number of aryl methyl sites for hydroxylation is 2. The van der Waals surface area contributed by atoms with E-state index in [1.165, 1.54) is 0 Å². The highest BCUT2D eigenvalue weighted by atomic mass is 79.9. The molecule has 0 saturated heterocycles. The Balaban J connectivity index is 2.31. The minimum Gasteiger partial charge on any atom is -0.437 e. The van der Waals surface area contributed by atoms with Crippen LogP contribution in [0.25, 0.3) is 0 Å². The zero-order chi connectivity index (χ0) is 12.4. The number of nitrogen functional groups attached to an aromatic ring is 1. The highest BCUT2D eigenvalue weighted by Gasteiger charge is 2.05. The Kier molecular flexibility index (Phi) is 3.33. The molecule has 4 heteroatoms. The van der Waals surface area contributed by atoms with Crippen molar-refractivity contribution in [1.82, 2.24) is 4.98 Å². The van der Waals surface area contributed by atoms with Gasteiger partial charge in [-0.05, 0) is 49.7 Å². The number of ether oxygens (including phenoxy) is 1. The van der Waals surface area contributed by atoms with Gasteiger partial charge in [-0.25, -0.2) is 4.98 Å². The Bertz CT molecular complexity index is 555. The third-order valence-corrected chi connectivity index (χ3v) is 3.26. The summed E-state index contributed by atoms with van der Waals surface area (Å²) in [6.07, 6.45) is 0. The standard InChI is InChI=1S/C13H13BrN2O/c1-8-7-10(4-5-11(8)14)17-13-12(15)6-3-9(2)16-13/h3-7H,15H2,1-2H3. The average Bonchev–Trinajstić information content (AvgIpc) is 2.29. The normalized spacial score (nSPS) is 10.3. The number of aromatic nitrogens is 1. The number of nitrogens with zero attached hydrogens (tertiary/aromatic N) is 1. The van der Waals surface area contributed by atoms with E-state index < -0.39 is 0 Å². The number of benzene rings is 1. The smallest absolute Gasteiger partial charge is 0.242 e. The van der Waals surface area contributed by atoms with Gasteiger partial charge in [0.25, 0.3) is 0 Å². The molecule has 3 nitrogen and oxygen atoms in total. The lowest BCUT2D eigenvalue weighted by atomic mass is 10.2. The van der Waals surface area contributed by atoms with Crippen molar-refractivity contribution >= 4 is 21.6 Å². The molecule has 88 valence electrons. The zero-order valence-corrected chi connectivity index (χ0v) is 11.3. The van der Waals surface area contributed by atoms with E-state index in [0.717, 1.165) is 21.5 Å². The van der Waals surface area contributed by atoms with Crippen molar-refractivity contribution in [2.24, 2.45) is 0 Å². The first-order valence-corrected chi connectivity index (χ1v) is 6.02. The summed E-state index contributed by atoms with van der Waals surface area (Å²) in [7, 11) is 0. The van der Waals surface area contributed by atoms with Crippen molar-refractivity contribution < 1.29 is 4.74 Å². The van der Waals surface area contributed by atoms with Gasteiger partial charge in [-0.3, -0.25) is 0 Å². The molecule has 2 rings (SSSR count). The van der Waals surface area contributed by atoms with Gasteiger partial charge in [0.2, 0.25) is 5.88 Å². The van der Waals surface area contributed by atoms with Gasteiger partial charge in [0.05, 0.1) is 5.69 Å². The second-order valence-corrected chi connectivity index (χ2v) is 4.71. The molecule has 0 fully saturated rings. The van der Waals surface area contributed by atoms with E-state index in [2.05, 4.69) is 20.9 Å². The molecule has 0 atom stereocenters. The molecule has 0 unspecified atom stereocenters. The molecule has 0 spiro atoms. The molecule has 0 saturated carbocycles. The van der Waals surface area contributed by atoms with Crippen LogP contribution in [0.4, 0.5) is 5.69 Å². The van der Waals surface area contributed by atoms with Crippen LogP contribution in [0.2, 0.25) is 0 Å². The molecule has 2 aromatic rings. The molecule has 1 heterocycles. The number of halogens is 1. The van der Waals surface area contributed by atoms with Crippen LogP contribution >= 0.6 is 15.9 Å². The summed E-state index contributed by atoms with van der Waals surface area (Å²) in [6, 6.07) is 9.41. The van der Waals surface area contributed by atoms with Crippen molar-refractivity contribution in [3.05, 3.63) is 46.1 Å². The van der Waals surface area contributed by atoms with E-state index in [-0.39, 0.29) is 0 Å². The highest BCUT2D eigenvalue weighted by Crippen LogP contribution is 2.28. The van der Waals surface area contributed by atoms with Crippen LogP contribution in [0, 0.1) is 13.8 Å². The van der Waals surface area contributed by atoms with E-state index in [4.69, 9.17) is 10.5 Å². The fourth-order valence-electron chi connectivity index (χ4n) is 1.42. The molecule has 1 aromatic heterocycles. The van der Waals surface area contributed by atoms with Crippen molar-refractivity contribution in [3.8, 4) is 11.6 Å². The first-order valence-electron chi connectivity index (χ1n) is 5.23. The molecule has 2 N–H and O–H groups in total. The Morgan fingerprint density at radius 3 is 2.65 bits per heavy atom. The van der Waals surface area contributed by atoms with Gasteiger partial charge in [-0.1, -0.05) is 15.9 Å². The number of anilines is 1. The van der Waals surface area contributed by atoms with Crippen LogP contribution in [-0.2, 0) is 0 Å². The summed E-state index contributed by atoms with van der Waals surface area (Å²) in [4.78, 5) is 4.26. The summed E-state index contributed by atoms with van der Waals surface area (Å²) in [5, 5.41) is 0. The molecule has 1 aromatic carbocycles. The first-order chi connectivity index (χ1) is 8.06. The minimum atomic E-state index is 0.451. The van der Waals surface area contributed by atoms with E-state index in [1.807, 2.05) is 38.1 Å². The summed E-state index contributed by atoms with van der Waals surface area (Å²) in [6.45, 7) is 3.91. The zero-order valence-electron chi connectivity index (χ0n) is 9.70. The Morgan fingerprint density at radius 2 is 1.94 bits per heavy atom. The van der Waals surface area contributed by atoms with Crippen LogP contribution in [0.1, 0.15) is 11.3 Å². The van der Waals surface area contributed by atoms with E-state index in [9.17, 15) is 0 Å². The second kappa shape index (κ2) is 4.75. The second-order valence-electron chi connectivity index (χ2n) is 3.86. The molecule has 0 aliphatic heterocycles. The van der Waals surface area contributed by atoms with Crippen LogP contribution < -0.4 is 10.5 Å². The van der Waals surface area contributed by atoms with Gasteiger partial charge in [0.15, 0.2) is 0 Å². The van der Waals surface area contributed by atoms with Crippen LogP contribution in [0.3, 0.4) is 0 Å². The van der Waals surface area contributed by atoms with Crippen LogP contribution in [-0.4, -0.2) is 4.98 Å². The predicted octanol–water partition coefficient (Wildman–Crippen LogP) is 3.84. The van der Waals surface area contributed by atoms with E-state index in [0.29, 0.717) is 11.6 Å². The third-order valence-electron chi connectivity index (χ3n) is 2.37. The largest absolute Gasteiger partial charge is 0.437 e. The quantitative estimate of drug-likeness (QED) is 0.915. The van der Waals surface area contributed by atoms with Gasteiger partial charge >= 0.3 is 0 Å². The van der Waals surface area contributed by atoms with Crippen LogP contribution in [0.15, 0.2) is 34.8 Å². The molecule has 0 aliphatic rings. The van der Waals surface area contributed by atoms with Gasteiger partial charge < -0.3 is 10.5 Å². The van der Waals surface area contributed by atoms with Gasteiger partial charge in [-0.15, -0.1) is 0 Å². The number of rotatable bonds is 2. The number of pyridine rings is 1. The van der Waals surface area contributed by atoms with Crippen molar-refractivity contribution in [2.45, 2.75) is 13.8 Å². The van der Waals surface area contributed by atoms with Crippen molar-refractivity contribution in [3.63, 3.8) is 0 Å². The first kappa shape index (κ1) is 11.9. The topological polar surface area (TPSA) is 48.1 Å². The number of hydrogen-bond donors (Lipinski definition) is 1. The molecular formula is C13H13BrN2O. The number of hydrogen-bond acceptors (Lipinski definition) is 3. The summed E-state index contributed by atoms with van der Waals surface area (Å²) in [5.74, 6) is 1.18. The predicted molar refractivity (Wildman–Crippen MR) is 72.3 cm³/mol. The average molecular weight is 293 g/mol. The van der Waals surface area contributed by atoms with Gasteiger partial charge in [0.1, 0.15) is 5.75 Å². The SMILES string of the molecule is Cc1ccc(N)c(Oc2ccc(Br)c(C)c2)n1. The molecule has 0 bridgehead atoms. The van der Waals surface area contributed by atoms with Gasteiger partial charge in [0, 0.05) is 10.2 Å². The summed E-state index contributed by atoms with van der Waals surface area (Å²) < 4.78 is 6.72. The molecule has 0 aliphatic carbocycles. The monoisotopic (exact) mass is 292 g/mol. The fraction of sp³-hybridized carbons (Fsp3) is 0.154. The Morgan fingerprint density at radius 1 is 1.18 bits per heavy atom. The Hall–Kier alpha value is -1.55. The molecule has 0 amide bonds. The maximum atomic E-state index is 5.81. The van der Waals surface area contributed by atoms with Crippen LogP contribution in [0.5, 0.6) is 11.6 Å². The van der Waals surface area contributed by atoms with E-state index in [1.54, 1.807) is 6.07 Å². The highest BCUT2D eigenvalue weighted by molar-refractivity contribution is 9.10. The third kappa shape index (κ3) is 2.77. The minimum absolute atomic E-state index is 0.451. The van der Waals surface area contributed by atoms with Gasteiger partial charge in [-0.2, -0.15) is 0 Å². The molecule has 17 heavy (non-hydrogen) atoms. The summed E-state index contributed by atoms with van der Waals surface area (Å²) >= 11 is 3.44. The lowest BCUT2D eigenvalue weighted by Gasteiger charge is -2.09. The molecule has 0 radical (unpaired) electrons. The van der Waals surface area contributed by atoms with Crippen molar-refractivity contribution in [2.75, 3.05) is 5.73 Å². The Labute approximate surface area is 109 Å². The lowest BCUT2D eigenvalue weighted by Crippen LogP contribution is -1.96. The lowest BCUT2D eigenvalue weighted by molar-refractivity contribution is 0.464. The number of nitrogens with two attached hydrogens (primary N) is 1. The molecular weight excluding hydrogens is 280 g/mol. The van der Waals surface area contributed by atoms with Crippen molar-refractivity contribution in [1.29, 1.82) is 0 Å².